The van der Waals surface area contributed by atoms with Crippen molar-refractivity contribution in [1.82, 2.24) is 0 Å². The van der Waals surface area contributed by atoms with E-state index in [1.807, 2.05) is 39.8 Å². The van der Waals surface area contributed by atoms with Crippen molar-refractivity contribution in [3.63, 3.8) is 0 Å². The number of esters is 1. The van der Waals surface area contributed by atoms with Crippen LogP contribution in [0.3, 0.4) is 0 Å². The molecule has 0 radical (unpaired) electrons. The second-order valence-electron chi connectivity index (χ2n) is 3.70. The Morgan fingerprint density at radius 3 is 2.37 bits per heavy atom. The first-order valence-corrected chi connectivity index (χ1v) is 6.91. The summed E-state index contributed by atoms with van der Waals surface area (Å²) in [5.74, 6) is -0.205. The average Bonchev–Trinajstić information content (AvgIpc) is 2.46. The first-order valence-electron chi connectivity index (χ1n) is 6.91. The molecule has 1 atom stereocenters. The van der Waals surface area contributed by atoms with Crippen LogP contribution in [0.4, 0.5) is 0 Å². The molecule has 0 aromatic carbocycles. The number of hydrogen-bond acceptors (Lipinski definition) is 2. The molecule has 0 aliphatic heterocycles. The summed E-state index contributed by atoms with van der Waals surface area (Å²) in [7, 11) is 0. The number of allylic oxidation sites excluding steroid dienone is 4. The van der Waals surface area contributed by atoms with Crippen molar-refractivity contribution >= 4 is 5.97 Å². The predicted octanol–water partition coefficient (Wildman–Crippen LogP) is 4.85. The second kappa shape index (κ2) is 14.5. The number of hydrogen-bond donors (Lipinski definition) is 0. The Hall–Kier alpha value is -1.57. The lowest BCUT2D eigenvalue weighted by Crippen LogP contribution is -2.17. The zero-order valence-electron chi connectivity index (χ0n) is 12.8. The van der Waals surface area contributed by atoms with Gasteiger partial charge in [-0.05, 0) is 25.3 Å². The van der Waals surface area contributed by atoms with Gasteiger partial charge in [-0.25, -0.2) is 0 Å². The molecule has 0 heterocycles. The third kappa shape index (κ3) is 10.1. The van der Waals surface area contributed by atoms with Gasteiger partial charge in [-0.3, -0.25) is 4.79 Å². The summed E-state index contributed by atoms with van der Waals surface area (Å²) < 4.78 is 5.24. The summed E-state index contributed by atoms with van der Waals surface area (Å²) in [5.41, 5.74) is 0.856. The van der Waals surface area contributed by atoms with Gasteiger partial charge < -0.3 is 4.74 Å². The van der Waals surface area contributed by atoms with Crippen LogP contribution in [0.1, 0.15) is 40.5 Å². The van der Waals surface area contributed by atoms with Gasteiger partial charge in [0, 0.05) is 0 Å². The van der Waals surface area contributed by atoms with Gasteiger partial charge in [0.2, 0.25) is 0 Å². The smallest absolute Gasteiger partial charge is 0.309 e. The molecule has 2 nitrogen and oxygen atoms in total. The first-order chi connectivity index (χ1) is 9.19. The molecule has 108 valence electrons. The van der Waals surface area contributed by atoms with Gasteiger partial charge in [0.15, 0.2) is 0 Å². The fourth-order valence-electron chi connectivity index (χ4n) is 1.33. The SMILES string of the molecule is C=C/C=C(\C=C)COC(=O)C(CC)C/C=C\C.CC. The lowest BCUT2D eigenvalue weighted by Gasteiger charge is -2.12. The normalized spacial score (nSPS) is 12.3. The zero-order valence-corrected chi connectivity index (χ0v) is 12.8. The summed E-state index contributed by atoms with van der Waals surface area (Å²) in [6.07, 6.45) is 10.6. The number of carbonyl (C=O) groups is 1. The molecule has 0 N–H and O–H groups in total. The highest BCUT2D eigenvalue weighted by molar-refractivity contribution is 5.72. The highest BCUT2D eigenvalue weighted by Gasteiger charge is 2.16. The fourth-order valence-corrected chi connectivity index (χ4v) is 1.33. The predicted molar refractivity (Wildman–Crippen MR) is 84.0 cm³/mol. The molecule has 1 unspecified atom stereocenters. The largest absolute Gasteiger partial charge is 0.461 e. The van der Waals surface area contributed by atoms with Crippen molar-refractivity contribution < 1.29 is 9.53 Å². The van der Waals surface area contributed by atoms with Crippen molar-refractivity contribution in [1.29, 1.82) is 0 Å². The minimum Gasteiger partial charge on any atom is -0.461 e. The molecule has 0 rings (SSSR count). The molecule has 19 heavy (non-hydrogen) atoms. The van der Waals surface area contributed by atoms with E-state index < -0.39 is 0 Å². The van der Waals surface area contributed by atoms with Crippen LogP contribution in [0.25, 0.3) is 0 Å². The van der Waals surface area contributed by atoms with E-state index in [1.165, 1.54) is 0 Å². The summed E-state index contributed by atoms with van der Waals surface area (Å²) in [6.45, 7) is 15.4. The van der Waals surface area contributed by atoms with Crippen LogP contribution < -0.4 is 0 Å². The molecule has 0 aromatic heterocycles. The maximum absolute atomic E-state index is 11.8. The van der Waals surface area contributed by atoms with E-state index in [2.05, 4.69) is 13.2 Å². The van der Waals surface area contributed by atoms with E-state index >= 15 is 0 Å². The average molecular weight is 264 g/mol. The van der Waals surface area contributed by atoms with Crippen LogP contribution in [-0.4, -0.2) is 12.6 Å². The van der Waals surface area contributed by atoms with Gasteiger partial charge in [-0.1, -0.05) is 64.3 Å². The summed E-state index contributed by atoms with van der Waals surface area (Å²) in [5, 5.41) is 0. The Morgan fingerprint density at radius 1 is 1.32 bits per heavy atom. The molecular formula is C17H28O2. The van der Waals surface area contributed by atoms with Gasteiger partial charge in [0.05, 0.1) is 5.92 Å². The van der Waals surface area contributed by atoms with E-state index in [0.29, 0.717) is 0 Å². The van der Waals surface area contributed by atoms with Crippen molar-refractivity contribution in [3.05, 3.63) is 49.1 Å². The minimum absolute atomic E-state index is 0.0546. The van der Waals surface area contributed by atoms with Crippen molar-refractivity contribution in [2.45, 2.75) is 40.5 Å². The van der Waals surface area contributed by atoms with E-state index in [9.17, 15) is 4.79 Å². The number of carbonyl (C=O) groups excluding carboxylic acids is 1. The third-order valence-electron chi connectivity index (χ3n) is 2.46. The van der Waals surface area contributed by atoms with Gasteiger partial charge in [0.1, 0.15) is 6.61 Å². The van der Waals surface area contributed by atoms with Crippen LogP contribution in [0.2, 0.25) is 0 Å². The molecule has 0 fully saturated rings. The quantitative estimate of drug-likeness (QED) is 0.356. The molecular weight excluding hydrogens is 236 g/mol. The standard InChI is InChI=1S/C15H22O2.C2H6/c1-5-9-11-14(8-4)15(16)17-12-13(7-3)10-6-2;1-2/h5-7,9-10,14H,2-3,8,11-12H2,1,4H3;1-2H3/b9-5-,13-10+;. The van der Waals surface area contributed by atoms with Gasteiger partial charge in [-0.2, -0.15) is 0 Å². The molecule has 0 aliphatic rings. The Morgan fingerprint density at radius 2 is 1.95 bits per heavy atom. The van der Waals surface area contributed by atoms with Gasteiger partial charge >= 0.3 is 5.97 Å². The third-order valence-corrected chi connectivity index (χ3v) is 2.46. The first kappa shape index (κ1) is 19.8. The maximum atomic E-state index is 11.8. The Balaban J connectivity index is 0. The minimum atomic E-state index is -0.151. The molecule has 2 heteroatoms. The summed E-state index contributed by atoms with van der Waals surface area (Å²) in [6, 6.07) is 0. The monoisotopic (exact) mass is 264 g/mol. The molecule has 0 aliphatic carbocycles. The van der Waals surface area contributed by atoms with Gasteiger partial charge in [-0.15, -0.1) is 0 Å². The topological polar surface area (TPSA) is 26.3 Å². The van der Waals surface area contributed by atoms with Gasteiger partial charge in [0.25, 0.3) is 0 Å². The summed E-state index contributed by atoms with van der Waals surface area (Å²) in [4.78, 5) is 11.8. The number of ether oxygens (including phenoxy) is 1. The van der Waals surface area contributed by atoms with E-state index in [0.717, 1.165) is 18.4 Å². The van der Waals surface area contributed by atoms with Crippen molar-refractivity contribution in [3.8, 4) is 0 Å². The van der Waals surface area contributed by atoms with E-state index in [-0.39, 0.29) is 18.5 Å². The highest BCUT2D eigenvalue weighted by atomic mass is 16.5. The molecule has 0 saturated carbocycles. The second-order valence-corrected chi connectivity index (χ2v) is 3.70. The molecule has 0 amide bonds. The summed E-state index contributed by atoms with van der Waals surface area (Å²) >= 11 is 0. The Kier molecular flexibility index (Phi) is 15.1. The van der Waals surface area contributed by atoms with Crippen LogP contribution in [0.15, 0.2) is 49.1 Å². The highest BCUT2D eigenvalue weighted by Crippen LogP contribution is 2.12. The molecule has 0 bridgehead atoms. The van der Waals surface area contributed by atoms with E-state index in [4.69, 9.17) is 4.74 Å². The van der Waals surface area contributed by atoms with Crippen LogP contribution in [-0.2, 0) is 9.53 Å². The van der Waals surface area contributed by atoms with Crippen LogP contribution >= 0.6 is 0 Å². The zero-order chi connectivity index (χ0) is 15.1. The Bertz CT molecular complexity index is 311. The van der Waals surface area contributed by atoms with Crippen LogP contribution in [0.5, 0.6) is 0 Å². The van der Waals surface area contributed by atoms with Crippen LogP contribution in [0, 0.1) is 5.92 Å². The lowest BCUT2D eigenvalue weighted by molar-refractivity contribution is -0.147. The Labute approximate surface area is 118 Å². The van der Waals surface area contributed by atoms with Crippen molar-refractivity contribution in [2.75, 3.05) is 6.61 Å². The van der Waals surface area contributed by atoms with E-state index in [1.54, 1.807) is 18.2 Å². The lowest BCUT2D eigenvalue weighted by atomic mass is 10.0. The maximum Gasteiger partial charge on any atom is 0.309 e. The van der Waals surface area contributed by atoms with Crippen molar-refractivity contribution in [2.24, 2.45) is 5.92 Å². The molecule has 0 aromatic rings. The molecule has 0 saturated heterocycles. The number of rotatable bonds is 8. The fraction of sp³-hybridized carbons (Fsp3) is 0.471. The molecule has 0 spiro atoms.